The van der Waals surface area contributed by atoms with E-state index in [2.05, 4.69) is 45.0 Å². The number of benzene rings is 6. The van der Waals surface area contributed by atoms with Gasteiger partial charge in [-0.2, -0.15) is 0 Å². The number of carbonyl (C=O) groups excluding carboxylic acids is 3. The Morgan fingerprint density at radius 3 is 1.34 bits per heavy atom. The molecule has 1 fully saturated rings. The number of rotatable bonds is 14. The summed E-state index contributed by atoms with van der Waals surface area (Å²) >= 11 is 1.28. The zero-order valence-electron chi connectivity index (χ0n) is 34.4. The summed E-state index contributed by atoms with van der Waals surface area (Å²) in [6, 6.07) is 53.2. The smallest absolute Gasteiger partial charge is 0.338 e. The van der Waals surface area contributed by atoms with Crippen LogP contribution < -0.4 is 15.1 Å². The summed E-state index contributed by atoms with van der Waals surface area (Å²) in [5, 5.41) is 1.66. The van der Waals surface area contributed by atoms with Crippen molar-refractivity contribution in [2.24, 2.45) is 0 Å². The minimum absolute atomic E-state index is 0.0849. The van der Waals surface area contributed by atoms with E-state index in [4.69, 9.17) is 28.1 Å². The van der Waals surface area contributed by atoms with E-state index in [0.717, 1.165) is 15.3 Å². The molecule has 1 aliphatic rings. The molecule has 1 saturated heterocycles. The van der Waals surface area contributed by atoms with Gasteiger partial charge in [-0.3, -0.25) is 0 Å². The Balaban J connectivity index is 1.37. The van der Waals surface area contributed by atoms with Gasteiger partial charge in [0.1, 0.15) is 17.3 Å². The third-order valence-electron chi connectivity index (χ3n) is 10.5. The van der Waals surface area contributed by atoms with Crippen LogP contribution in [-0.2, 0) is 23.4 Å². The van der Waals surface area contributed by atoms with Crippen LogP contribution in [0.4, 0.5) is 0 Å². The van der Waals surface area contributed by atoms with Crippen LogP contribution in [0.15, 0.2) is 181 Å². The fraction of sp³-hybridized carbons (Fsp3) is 0.220. The van der Waals surface area contributed by atoms with Gasteiger partial charge < -0.3 is 28.1 Å². The van der Waals surface area contributed by atoms with Gasteiger partial charge >= 0.3 is 17.9 Å². The highest BCUT2D eigenvalue weighted by Crippen LogP contribution is 2.41. The number of methoxy groups -OCH3 is 1. The Morgan fingerprint density at radius 2 is 0.934 bits per heavy atom. The first-order valence-corrected chi connectivity index (χ1v) is 22.9. The van der Waals surface area contributed by atoms with E-state index in [0.29, 0.717) is 5.75 Å². The first-order chi connectivity index (χ1) is 29.6. The molecule has 7 rings (SSSR count). The van der Waals surface area contributed by atoms with Gasteiger partial charge in [0.25, 0.3) is 8.32 Å². The molecular weight excluding hydrogens is 805 g/mol. The van der Waals surface area contributed by atoms with Crippen LogP contribution in [-0.4, -0.2) is 69.8 Å². The highest BCUT2D eigenvalue weighted by Gasteiger charge is 2.56. The van der Waals surface area contributed by atoms with Crippen molar-refractivity contribution < 1.29 is 42.5 Å². The maximum atomic E-state index is 14.2. The van der Waals surface area contributed by atoms with Crippen LogP contribution in [0.5, 0.6) is 5.75 Å². The standard InChI is InChI=1S/C50H48O9SSi/c1-50(2,3)61(40-26-16-8-17-27-40,41-28-18-9-19-29-41)55-34-42-43(57-46(51)35-20-10-5-11-21-35)44(58-47(52)36-22-12-6-13-23-36)45(59-48(53)37-24-14-7-15-25-37)49(56-42)60-39-32-30-38(54-4)31-33-39/h5-33,42-45,49H,34H2,1-4H3/t42-,43+,44+,45-,49+/m1/s1. The third-order valence-corrected chi connectivity index (χ3v) is 16.7. The lowest BCUT2D eigenvalue weighted by Gasteiger charge is -2.47. The van der Waals surface area contributed by atoms with Gasteiger partial charge in [0.2, 0.25) is 0 Å². The lowest BCUT2D eigenvalue weighted by atomic mass is 9.98. The molecule has 0 unspecified atom stereocenters. The predicted molar refractivity (Wildman–Crippen MR) is 238 cm³/mol. The SMILES string of the molecule is COc1ccc(S[C@@H]2O[C@H](CO[Si](c3ccccc3)(c3ccccc3)C(C)(C)C)[C@H](OC(=O)c3ccccc3)[C@H](OC(=O)c3ccccc3)[C@H]2OC(=O)c2ccccc2)cc1. The van der Waals surface area contributed by atoms with Crippen LogP contribution in [0, 0.1) is 0 Å². The number of hydrogen-bond donors (Lipinski definition) is 0. The lowest BCUT2D eigenvalue weighted by Crippen LogP contribution is -2.68. The molecule has 9 nitrogen and oxygen atoms in total. The number of esters is 3. The van der Waals surface area contributed by atoms with Gasteiger partial charge in [-0.25, -0.2) is 14.4 Å². The molecule has 6 aromatic carbocycles. The van der Waals surface area contributed by atoms with E-state index in [9.17, 15) is 14.4 Å². The molecule has 1 heterocycles. The van der Waals surface area contributed by atoms with E-state index in [1.54, 1.807) is 98.1 Å². The molecule has 61 heavy (non-hydrogen) atoms. The fourth-order valence-corrected chi connectivity index (χ4v) is 13.2. The summed E-state index contributed by atoms with van der Waals surface area (Å²) in [4.78, 5) is 43.2. The fourth-order valence-electron chi connectivity index (χ4n) is 7.56. The second-order valence-electron chi connectivity index (χ2n) is 15.5. The normalized spacial score (nSPS) is 19.0. The van der Waals surface area contributed by atoms with Gasteiger partial charge in [0, 0.05) is 4.90 Å². The molecule has 6 aromatic rings. The zero-order valence-corrected chi connectivity index (χ0v) is 36.2. The molecule has 0 amide bonds. The van der Waals surface area contributed by atoms with Crippen molar-refractivity contribution in [3.63, 3.8) is 0 Å². The number of carbonyl (C=O) groups is 3. The van der Waals surface area contributed by atoms with Crippen molar-refractivity contribution in [3.05, 3.63) is 193 Å². The third kappa shape index (κ3) is 9.98. The summed E-state index contributed by atoms with van der Waals surface area (Å²) in [6.07, 6.45) is -5.01. The number of hydrogen-bond acceptors (Lipinski definition) is 10. The maximum absolute atomic E-state index is 14.2. The molecule has 0 saturated carbocycles. The molecule has 0 aliphatic carbocycles. The van der Waals surface area contributed by atoms with Gasteiger partial charge in [0.15, 0.2) is 18.3 Å². The van der Waals surface area contributed by atoms with Crippen LogP contribution in [0.3, 0.4) is 0 Å². The van der Waals surface area contributed by atoms with Crippen LogP contribution >= 0.6 is 11.8 Å². The molecule has 0 bridgehead atoms. The van der Waals surface area contributed by atoms with E-state index in [1.807, 2.05) is 60.7 Å². The molecule has 11 heteroatoms. The lowest BCUT2D eigenvalue weighted by molar-refractivity contribution is -0.206. The topological polar surface area (TPSA) is 107 Å². The Labute approximate surface area is 362 Å². The molecule has 312 valence electrons. The summed E-state index contributed by atoms with van der Waals surface area (Å²) in [7, 11) is -1.61. The Kier molecular flexibility index (Phi) is 13.9. The van der Waals surface area contributed by atoms with Crippen molar-refractivity contribution in [3.8, 4) is 5.75 Å². The highest BCUT2D eigenvalue weighted by molar-refractivity contribution is 7.99. The molecule has 0 spiro atoms. The highest BCUT2D eigenvalue weighted by atomic mass is 32.2. The second kappa shape index (κ2) is 19.6. The second-order valence-corrected chi connectivity index (χ2v) is 21.0. The summed E-state index contributed by atoms with van der Waals surface area (Å²) < 4.78 is 39.1. The minimum atomic E-state index is -3.20. The predicted octanol–water partition coefficient (Wildman–Crippen LogP) is 8.77. The minimum Gasteiger partial charge on any atom is -0.497 e. The monoisotopic (exact) mass is 852 g/mol. The Morgan fingerprint density at radius 1 is 0.541 bits per heavy atom. The van der Waals surface area contributed by atoms with Crippen molar-refractivity contribution in [2.45, 2.75) is 60.6 Å². The van der Waals surface area contributed by atoms with Gasteiger partial charge in [-0.05, 0) is 76.1 Å². The summed E-state index contributed by atoms with van der Waals surface area (Å²) in [5.74, 6) is -1.40. The molecule has 0 N–H and O–H groups in total. The van der Waals surface area contributed by atoms with E-state index in [1.165, 1.54) is 11.8 Å². The van der Waals surface area contributed by atoms with Crippen LogP contribution in [0.25, 0.3) is 0 Å². The largest absolute Gasteiger partial charge is 0.497 e. The van der Waals surface area contributed by atoms with Gasteiger partial charge in [-0.15, -0.1) is 0 Å². The van der Waals surface area contributed by atoms with Crippen molar-refractivity contribution in [2.75, 3.05) is 13.7 Å². The van der Waals surface area contributed by atoms with E-state index < -0.39 is 61.1 Å². The maximum Gasteiger partial charge on any atom is 0.338 e. The quantitative estimate of drug-likeness (QED) is 0.0600. The zero-order chi connectivity index (χ0) is 42.8. The van der Waals surface area contributed by atoms with E-state index in [-0.39, 0.29) is 23.3 Å². The average molecular weight is 853 g/mol. The van der Waals surface area contributed by atoms with Gasteiger partial charge in [-0.1, -0.05) is 148 Å². The number of thioether (sulfide) groups is 1. The molecule has 0 aromatic heterocycles. The van der Waals surface area contributed by atoms with Crippen LogP contribution in [0.2, 0.25) is 5.04 Å². The van der Waals surface area contributed by atoms with Crippen molar-refractivity contribution in [1.29, 1.82) is 0 Å². The summed E-state index contributed by atoms with van der Waals surface area (Å²) in [5.41, 5.74) is -0.183. The molecule has 5 atom stereocenters. The van der Waals surface area contributed by atoms with E-state index >= 15 is 0 Å². The number of ether oxygens (including phenoxy) is 5. The van der Waals surface area contributed by atoms with Crippen molar-refractivity contribution in [1.82, 2.24) is 0 Å². The van der Waals surface area contributed by atoms with Crippen LogP contribution in [0.1, 0.15) is 51.8 Å². The van der Waals surface area contributed by atoms with Gasteiger partial charge in [0.05, 0.1) is 30.4 Å². The molecule has 1 aliphatic heterocycles. The average Bonchev–Trinajstić information content (AvgIpc) is 3.30. The summed E-state index contributed by atoms with van der Waals surface area (Å²) in [6.45, 7) is 6.41. The van der Waals surface area contributed by atoms with Crippen molar-refractivity contribution >= 4 is 48.4 Å². The molecule has 0 radical (unpaired) electrons. The first-order valence-electron chi connectivity index (χ1n) is 20.1. The first kappa shape index (κ1) is 43.1. The molecular formula is C50H48O9SSi. The Hall–Kier alpha value is -5.98. The Bertz CT molecular complexity index is 2300.